The van der Waals surface area contributed by atoms with Crippen molar-refractivity contribution in [3.05, 3.63) is 60.3 Å². The Labute approximate surface area is 189 Å². The second-order valence-electron chi connectivity index (χ2n) is 6.59. The number of para-hydroxylation sites is 1. The predicted molar refractivity (Wildman–Crippen MR) is 130 cm³/mol. The van der Waals surface area contributed by atoms with Crippen LogP contribution in [-0.2, 0) is 13.0 Å². The van der Waals surface area contributed by atoms with E-state index >= 15 is 0 Å². The Morgan fingerprint density at radius 2 is 1.90 bits per heavy atom. The molecule has 2 aromatic carbocycles. The largest absolute Gasteiger partial charge is 0.508 e. The van der Waals surface area contributed by atoms with E-state index in [-0.39, 0.29) is 29.7 Å². The van der Waals surface area contributed by atoms with Crippen LogP contribution >= 0.6 is 24.0 Å². The van der Waals surface area contributed by atoms with Crippen LogP contribution in [0.3, 0.4) is 0 Å². The van der Waals surface area contributed by atoms with Crippen molar-refractivity contribution in [1.29, 1.82) is 0 Å². The average molecular weight is 508 g/mol. The first-order valence-corrected chi connectivity index (χ1v) is 9.55. The Morgan fingerprint density at radius 3 is 2.66 bits per heavy atom. The van der Waals surface area contributed by atoms with Crippen LogP contribution in [0.5, 0.6) is 11.5 Å². The van der Waals surface area contributed by atoms with Gasteiger partial charge in [-0.2, -0.15) is 0 Å². The lowest BCUT2D eigenvalue weighted by Gasteiger charge is -2.13. The van der Waals surface area contributed by atoms with Crippen LogP contribution in [0.15, 0.2) is 59.7 Å². The van der Waals surface area contributed by atoms with Gasteiger partial charge in [-0.1, -0.05) is 24.3 Å². The zero-order valence-corrected chi connectivity index (χ0v) is 19.2. The van der Waals surface area contributed by atoms with E-state index in [0.717, 1.165) is 31.0 Å². The van der Waals surface area contributed by atoms with Gasteiger partial charge in [0.25, 0.3) is 0 Å². The molecule has 0 bridgehead atoms. The van der Waals surface area contributed by atoms with Gasteiger partial charge >= 0.3 is 0 Å². The van der Waals surface area contributed by atoms with Crippen LogP contribution in [0.2, 0.25) is 0 Å². The zero-order chi connectivity index (χ0) is 19.8. The van der Waals surface area contributed by atoms with Crippen LogP contribution in [0.1, 0.15) is 12.0 Å². The summed E-state index contributed by atoms with van der Waals surface area (Å²) in [5, 5.41) is 17.9. The number of aryl methyl sites for hydroxylation is 1. The van der Waals surface area contributed by atoms with Gasteiger partial charge in [-0.15, -0.1) is 24.0 Å². The van der Waals surface area contributed by atoms with E-state index in [1.54, 1.807) is 20.2 Å². The van der Waals surface area contributed by atoms with Crippen LogP contribution in [0.25, 0.3) is 10.9 Å². The molecular weight excluding hydrogens is 479 g/mol. The van der Waals surface area contributed by atoms with Gasteiger partial charge in [0.15, 0.2) is 5.96 Å². The highest BCUT2D eigenvalue weighted by Crippen LogP contribution is 2.23. The molecule has 0 aliphatic rings. The molecule has 0 saturated carbocycles. The number of nitrogens with zero attached hydrogens (tertiary/aromatic N) is 2. The number of rotatable bonds is 8. The fourth-order valence-corrected chi connectivity index (χ4v) is 3.21. The summed E-state index contributed by atoms with van der Waals surface area (Å²) < 4.78 is 7.39. The molecule has 7 heteroatoms. The Kier molecular flexibility index (Phi) is 9.11. The standard InChI is InChI=1S/C22H28N4O2.HI/c1-23-22(25-13-10-18-8-9-19(28-2)16-21(18)27)24-12-5-14-26-15-11-17-6-3-4-7-20(17)26;/h3-4,6-9,11,15-16,27H,5,10,12-14H2,1-2H3,(H2,23,24,25);1H. The molecule has 156 valence electrons. The summed E-state index contributed by atoms with van der Waals surface area (Å²) in [5.41, 5.74) is 2.15. The predicted octanol–water partition coefficient (Wildman–Crippen LogP) is 3.77. The molecule has 1 aromatic heterocycles. The van der Waals surface area contributed by atoms with Gasteiger partial charge in [0.05, 0.1) is 7.11 Å². The smallest absolute Gasteiger partial charge is 0.190 e. The Hall–Kier alpha value is -2.42. The van der Waals surface area contributed by atoms with Crippen molar-refractivity contribution < 1.29 is 9.84 Å². The van der Waals surface area contributed by atoms with Gasteiger partial charge in [0, 0.05) is 44.5 Å². The van der Waals surface area contributed by atoms with E-state index in [1.807, 2.05) is 12.1 Å². The maximum Gasteiger partial charge on any atom is 0.190 e. The molecule has 3 N–H and O–H groups in total. The van der Waals surface area contributed by atoms with Crippen molar-refractivity contribution in [2.24, 2.45) is 4.99 Å². The van der Waals surface area contributed by atoms with Crippen molar-refractivity contribution >= 4 is 40.8 Å². The Bertz CT molecular complexity index is 939. The van der Waals surface area contributed by atoms with E-state index in [4.69, 9.17) is 4.74 Å². The van der Waals surface area contributed by atoms with Gasteiger partial charge in [-0.3, -0.25) is 4.99 Å². The number of hydrogen-bond acceptors (Lipinski definition) is 3. The summed E-state index contributed by atoms with van der Waals surface area (Å²) in [6.07, 6.45) is 3.84. The topological polar surface area (TPSA) is 70.8 Å². The fraction of sp³-hybridized carbons (Fsp3) is 0.318. The molecule has 0 unspecified atom stereocenters. The highest BCUT2D eigenvalue weighted by Gasteiger charge is 2.04. The molecule has 29 heavy (non-hydrogen) atoms. The van der Waals surface area contributed by atoms with Crippen molar-refractivity contribution in [3.63, 3.8) is 0 Å². The van der Waals surface area contributed by atoms with Crippen molar-refractivity contribution in [3.8, 4) is 11.5 Å². The first-order valence-electron chi connectivity index (χ1n) is 9.55. The molecule has 0 spiro atoms. The summed E-state index contributed by atoms with van der Waals surface area (Å²) in [6.45, 7) is 2.47. The molecule has 3 aromatic rings. The summed E-state index contributed by atoms with van der Waals surface area (Å²) in [6, 6.07) is 15.9. The number of aliphatic imine (C=N–C) groups is 1. The number of aromatic nitrogens is 1. The zero-order valence-electron chi connectivity index (χ0n) is 16.9. The number of benzene rings is 2. The highest BCUT2D eigenvalue weighted by atomic mass is 127. The van der Waals surface area contributed by atoms with Crippen LogP contribution < -0.4 is 15.4 Å². The van der Waals surface area contributed by atoms with E-state index in [9.17, 15) is 5.11 Å². The summed E-state index contributed by atoms with van der Waals surface area (Å²) in [7, 11) is 3.35. The molecule has 6 nitrogen and oxygen atoms in total. The number of methoxy groups -OCH3 is 1. The van der Waals surface area contributed by atoms with Crippen molar-refractivity contribution in [2.75, 3.05) is 27.2 Å². The minimum Gasteiger partial charge on any atom is -0.508 e. The summed E-state index contributed by atoms with van der Waals surface area (Å²) in [5.74, 6) is 1.68. The van der Waals surface area contributed by atoms with Gasteiger partial charge in [-0.05, 0) is 42.0 Å². The second kappa shape index (κ2) is 11.5. The second-order valence-corrected chi connectivity index (χ2v) is 6.59. The molecular formula is C22H29IN4O2. The number of halogens is 1. The minimum atomic E-state index is 0. The molecule has 0 saturated heterocycles. The fourth-order valence-electron chi connectivity index (χ4n) is 3.21. The van der Waals surface area contributed by atoms with E-state index in [1.165, 1.54) is 10.9 Å². The van der Waals surface area contributed by atoms with E-state index in [2.05, 4.69) is 56.7 Å². The molecule has 0 aliphatic heterocycles. The van der Waals surface area contributed by atoms with E-state index < -0.39 is 0 Å². The first-order chi connectivity index (χ1) is 13.7. The number of phenolic OH excluding ortho intramolecular Hbond substituents is 1. The van der Waals surface area contributed by atoms with Crippen molar-refractivity contribution in [1.82, 2.24) is 15.2 Å². The number of fused-ring (bicyclic) bond motifs is 1. The van der Waals surface area contributed by atoms with E-state index in [0.29, 0.717) is 18.7 Å². The molecule has 0 aliphatic carbocycles. The number of hydrogen-bond donors (Lipinski definition) is 3. The number of guanidine groups is 1. The van der Waals surface area contributed by atoms with Crippen LogP contribution in [0.4, 0.5) is 0 Å². The van der Waals surface area contributed by atoms with Gasteiger partial charge in [0.2, 0.25) is 0 Å². The third-order valence-corrected chi connectivity index (χ3v) is 4.75. The average Bonchev–Trinajstić information content (AvgIpc) is 3.14. The quantitative estimate of drug-likeness (QED) is 0.188. The monoisotopic (exact) mass is 508 g/mol. The maximum absolute atomic E-state index is 10.0. The summed E-state index contributed by atoms with van der Waals surface area (Å²) >= 11 is 0. The third kappa shape index (κ3) is 6.28. The number of nitrogens with one attached hydrogen (secondary N) is 2. The summed E-state index contributed by atoms with van der Waals surface area (Å²) in [4.78, 5) is 4.26. The molecule has 0 amide bonds. The molecule has 3 rings (SSSR count). The van der Waals surface area contributed by atoms with Gasteiger partial charge in [0.1, 0.15) is 11.5 Å². The molecule has 0 fully saturated rings. The third-order valence-electron chi connectivity index (χ3n) is 4.75. The lowest BCUT2D eigenvalue weighted by molar-refractivity contribution is 0.406. The molecule has 0 radical (unpaired) electrons. The SMILES string of the molecule is CN=C(NCCCn1ccc2ccccc21)NCCc1ccc(OC)cc1O.I. The van der Waals surface area contributed by atoms with Crippen LogP contribution in [0, 0.1) is 0 Å². The molecule has 1 heterocycles. The highest BCUT2D eigenvalue weighted by molar-refractivity contribution is 14.0. The first kappa shape index (κ1) is 22.9. The molecule has 0 atom stereocenters. The van der Waals surface area contributed by atoms with Gasteiger partial charge in [-0.25, -0.2) is 0 Å². The number of ether oxygens (including phenoxy) is 1. The Morgan fingerprint density at radius 1 is 1.10 bits per heavy atom. The lowest BCUT2D eigenvalue weighted by Crippen LogP contribution is -2.38. The lowest BCUT2D eigenvalue weighted by atomic mass is 10.1. The minimum absolute atomic E-state index is 0. The van der Waals surface area contributed by atoms with Crippen LogP contribution in [-0.4, -0.2) is 42.9 Å². The number of phenols is 1. The normalized spacial score (nSPS) is 11.2. The maximum atomic E-state index is 10.0. The Balaban J connectivity index is 0.00000300. The van der Waals surface area contributed by atoms with Crippen molar-refractivity contribution in [2.45, 2.75) is 19.4 Å². The van der Waals surface area contributed by atoms with Gasteiger partial charge < -0.3 is 25.0 Å². The number of aromatic hydroxyl groups is 1.